The zero-order valence-corrected chi connectivity index (χ0v) is 10.9. The van der Waals surface area contributed by atoms with Gasteiger partial charge < -0.3 is 0 Å². The maximum absolute atomic E-state index is 13.6. The Labute approximate surface area is 112 Å². The number of halogens is 1. The maximum atomic E-state index is 13.6. The van der Waals surface area contributed by atoms with Crippen molar-refractivity contribution in [1.82, 2.24) is 10.4 Å². The normalized spacial score (nSPS) is 12.4. The highest BCUT2D eigenvalue weighted by molar-refractivity contribution is 5.26. The van der Waals surface area contributed by atoms with Gasteiger partial charge in [0, 0.05) is 17.9 Å². The molecule has 0 fully saturated rings. The van der Waals surface area contributed by atoms with Crippen molar-refractivity contribution in [3.05, 3.63) is 65.2 Å². The molecule has 0 aliphatic heterocycles. The van der Waals surface area contributed by atoms with E-state index in [1.54, 1.807) is 19.2 Å². The lowest BCUT2D eigenvalue weighted by atomic mass is 10.00. The number of aromatic nitrogens is 1. The van der Waals surface area contributed by atoms with Gasteiger partial charge in [-0.25, -0.2) is 4.39 Å². The fourth-order valence-electron chi connectivity index (χ4n) is 2.01. The van der Waals surface area contributed by atoms with Crippen molar-refractivity contribution in [3.63, 3.8) is 0 Å². The second kappa shape index (κ2) is 6.41. The summed E-state index contributed by atoms with van der Waals surface area (Å²) in [5, 5.41) is 0. The molecular formula is C15H18FN3. The highest BCUT2D eigenvalue weighted by atomic mass is 19.1. The summed E-state index contributed by atoms with van der Waals surface area (Å²) in [6.07, 6.45) is 3.34. The first kappa shape index (κ1) is 13.6. The average Bonchev–Trinajstić information content (AvgIpc) is 2.44. The average molecular weight is 259 g/mol. The summed E-state index contributed by atoms with van der Waals surface area (Å²) in [5.41, 5.74) is 5.26. The van der Waals surface area contributed by atoms with Crippen LogP contribution in [0.2, 0.25) is 0 Å². The van der Waals surface area contributed by atoms with E-state index in [0.717, 1.165) is 24.1 Å². The second-order valence-corrected chi connectivity index (χ2v) is 4.59. The van der Waals surface area contributed by atoms with Crippen molar-refractivity contribution in [2.24, 2.45) is 5.84 Å². The van der Waals surface area contributed by atoms with Crippen LogP contribution in [0.5, 0.6) is 0 Å². The molecule has 2 rings (SSSR count). The van der Waals surface area contributed by atoms with Crippen LogP contribution in [0.1, 0.15) is 29.3 Å². The van der Waals surface area contributed by atoms with Crippen LogP contribution < -0.4 is 11.3 Å². The van der Waals surface area contributed by atoms with Gasteiger partial charge in [0.15, 0.2) is 0 Å². The molecule has 1 atom stereocenters. The molecule has 19 heavy (non-hydrogen) atoms. The van der Waals surface area contributed by atoms with E-state index < -0.39 is 0 Å². The Morgan fingerprint density at radius 2 is 2.16 bits per heavy atom. The molecule has 0 saturated heterocycles. The molecule has 0 radical (unpaired) electrons. The first-order valence-corrected chi connectivity index (χ1v) is 6.33. The molecule has 3 N–H and O–H groups in total. The van der Waals surface area contributed by atoms with Crippen LogP contribution in [0.3, 0.4) is 0 Å². The van der Waals surface area contributed by atoms with E-state index in [0.29, 0.717) is 5.56 Å². The third-order valence-corrected chi connectivity index (χ3v) is 3.21. The number of hydrazine groups is 1. The first-order chi connectivity index (χ1) is 9.20. The number of hydrogen-bond donors (Lipinski definition) is 2. The number of nitrogens with zero attached hydrogens (tertiary/aromatic N) is 1. The van der Waals surface area contributed by atoms with E-state index in [2.05, 4.69) is 10.4 Å². The number of rotatable bonds is 5. The second-order valence-electron chi connectivity index (χ2n) is 4.59. The van der Waals surface area contributed by atoms with E-state index in [9.17, 15) is 4.39 Å². The molecule has 0 aliphatic carbocycles. The number of nitrogens with one attached hydrogen (secondary N) is 1. The molecule has 0 aliphatic rings. The summed E-state index contributed by atoms with van der Waals surface area (Å²) < 4.78 is 13.6. The van der Waals surface area contributed by atoms with Crippen LogP contribution in [0.15, 0.2) is 42.6 Å². The summed E-state index contributed by atoms with van der Waals surface area (Å²) in [6, 6.07) is 11.0. The third kappa shape index (κ3) is 3.59. The van der Waals surface area contributed by atoms with Gasteiger partial charge in [0.2, 0.25) is 0 Å². The van der Waals surface area contributed by atoms with Crippen LogP contribution in [-0.4, -0.2) is 4.98 Å². The van der Waals surface area contributed by atoms with Crippen LogP contribution in [0.25, 0.3) is 0 Å². The number of nitrogens with two attached hydrogens (primary N) is 1. The van der Waals surface area contributed by atoms with E-state index in [1.165, 1.54) is 6.07 Å². The Hall–Kier alpha value is -1.78. The van der Waals surface area contributed by atoms with Gasteiger partial charge >= 0.3 is 0 Å². The lowest BCUT2D eigenvalue weighted by molar-refractivity contribution is 0.508. The van der Waals surface area contributed by atoms with E-state index in [-0.39, 0.29) is 11.9 Å². The fraction of sp³-hybridized carbons (Fsp3) is 0.267. The van der Waals surface area contributed by atoms with Gasteiger partial charge in [-0.1, -0.05) is 18.2 Å². The van der Waals surface area contributed by atoms with E-state index in [4.69, 9.17) is 5.84 Å². The zero-order chi connectivity index (χ0) is 13.7. The van der Waals surface area contributed by atoms with Gasteiger partial charge in [0.25, 0.3) is 0 Å². The topological polar surface area (TPSA) is 50.9 Å². The zero-order valence-electron chi connectivity index (χ0n) is 10.9. The minimum Gasteiger partial charge on any atom is -0.271 e. The largest absolute Gasteiger partial charge is 0.271 e. The van der Waals surface area contributed by atoms with Crippen molar-refractivity contribution in [2.75, 3.05) is 0 Å². The molecule has 0 spiro atoms. The molecular weight excluding hydrogens is 241 g/mol. The number of aryl methyl sites for hydroxylation is 2. The Kier molecular flexibility index (Phi) is 4.60. The molecule has 1 unspecified atom stereocenters. The van der Waals surface area contributed by atoms with Crippen LogP contribution >= 0.6 is 0 Å². The van der Waals surface area contributed by atoms with Gasteiger partial charge in [0.1, 0.15) is 5.82 Å². The Balaban J connectivity index is 2.05. The summed E-state index contributed by atoms with van der Waals surface area (Å²) in [4.78, 5) is 4.27. The van der Waals surface area contributed by atoms with E-state index >= 15 is 0 Å². The van der Waals surface area contributed by atoms with Crippen molar-refractivity contribution in [3.8, 4) is 0 Å². The Morgan fingerprint density at radius 3 is 2.79 bits per heavy atom. The lowest BCUT2D eigenvalue weighted by Crippen LogP contribution is -2.28. The molecule has 0 amide bonds. The fourth-order valence-corrected chi connectivity index (χ4v) is 2.01. The van der Waals surface area contributed by atoms with Gasteiger partial charge in [-0.15, -0.1) is 0 Å². The molecule has 0 bridgehead atoms. The number of pyridine rings is 1. The molecule has 2 aromatic rings. The highest BCUT2D eigenvalue weighted by Crippen LogP contribution is 2.20. The molecule has 100 valence electrons. The summed E-state index contributed by atoms with van der Waals surface area (Å²) in [7, 11) is 0. The van der Waals surface area contributed by atoms with Crippen LogP contribution in [-0.2, 0) is 6.42 Å². The highest BCUT2D eigenvalue weighted by Gasteiger charge is 2.11. The van der Waals surface area contributed by atoms with Crippen molar-refractivity contribution < 1.29 is 4.39 Å². The number of hydrogen-bond acceptors (Lipinski definition) is 3. The Morgan fingerprint density at radius 1 is 1.32 bits per heavy atom. The van der Waals surface area contributed by atoms with Crippen LogP contribution in [0.4, 0.5) is 4.39 Å². The molecule has 1 aromatic carbocycles. The minimum absolute atomic E-state index is 0.0721. The molecule has 1 aromatic heterocycles. The van der Waals surface area contributed by atoms with Crippen molar-refractivity contribution >= 4 is 0 Å². The minimum atomic E-state index is -0.199. The first-order valence-electron chi connectivity index (χ1n) is 6.33. The lowest BCUT2D eigenvalue weighted by Gasteiger charge is -2.16. The predicted octanol–water partition coefficient (Wildman–Crippen LogP) is 2.67. The monoisotopic (exact) mass is 259 g/mol. The Bertz CT molecular complexity index is 528. The van der Waals surface area contributed by atoms with Gasteiger partial charge in [-0.05, 0) is 49.1 Å². The van der Waals surface area contributed by atoms with E-state index in [1.807, 2.05) is 24.3 Å². The van der Waals surface area contributed by atoms with Crippen LogP contribution in [0, 0.1) is 12.7 Å². The molecule has 0 saturated carbocycles. The summed E-state index contributed by atoms with van der Waals surface area (Å²) in [6.45, 7) is 1.75. The molecule has 4 heteroatoms. The summed E-state index contributed by atoms with van der Waals surface area (Å²) >= 11 is 0. The molecule has 3 nitrogen and oxygen atoms in total. The third-order valence-electron chi connectivity index (χ3n) is 3.21. The molecule has 1 heterocycles. The number of benzene rings is 1. The predicted molar refractivity (Wildman–Crippen MR) is 73.8 cm³/mol. The summed E-state index contributed by atoms with van der Waals surface area (Å²) in [5.74, 6) is 5.37. The standard InChI is InChI=1S/C15H18FN3/c1-11-5-6-12(10-14(11)16)15(19-17)8-7-13-4-2-3-9-18-13/h2-6,9-10,15,19H,7-8,17H2,1H3. The quantitative estimate of drug-likeness (QED) is 0.641. The SMILES string of the molecule is Cc1ccc(C(CCc2ccccn2)NN)cc1F. The smallest absolute Gasteiger partial charge is 0.126 e. The van der Waals surface area contributed by atoms with Crippen molar-refractivity contribution in [2.45, 2.75) is 25.8 Å². The maximum Gasteiger partial charge on any atom is 0.126 e. The van der Waals surface area contributed by atoms with Gasteiger partial charge in [-0.2, -0.15) is 0 Å². The van der Waals surface area contributed by atoms with Gasteiger partial charge in [-0.3, -0.25) is 16.3 Å². The van der Waals surface area contributed by atoms with Crippen molar-refractivity contribution in [1.29, 1.82) is 0 Å². The van der Waals surface area contributed by atoms with Gasteiger partial charge in [0.05, 0.1) is 0 Å².